The minimum absolute atomic E-state index is 0.223. The second-order valence-corrected chi connectivity index (χ2v) is 11.6. The molecule has 6 atom stereocenters. The Morgan fingerprint density at radius 2 is 1.14 bits per heavy atom. The summed E-state index contributed by atoms with van der Waals surface area (Å²) in [7, 11) is 0. The van der Waals surface area contributed by atoms with E-state index in [1.807, 2.05) is 0 Å². The van der Waals surface area contributed by atoms with Crippen LogP contribution < -0.4 is 5.32 Å². The van der Waals surface area contributed by atoms with E-state index in [-0.39, 0.29) is 12.5 Å². The molecule has 18 nitrogen and oxygen atoms in total. The molecule has 2 aromatic rings. The van der Waals surface area contributed by atoms with E-state index in [4.69, 9.17) is 23.7 Å². The highest BCUT2D eigenvalue weighted by Crippen LogP contribution is 2.31. The summed E-state index contributed by atoms with van der Waals surface area (Å²) in [5.41, 5.74) is 1.71. The third-order valence-electron chi connectivity index (χ3n) is 6.74. The van der Waals surface area contributed by atoms with Crippen molar-refractivity contribution in [3.05, 3.63) is 29.0 Å². The third-order valence-corrected chi connectivity index (χ3v) is 7.52. The standard InChI is InChI=1S/C31H36BrN5O13/c1-14(25(39)37-13-12-35-31(37)36-21-8-9-22-24(23(21)32)34-11-10-33-22)46-27(41)16(3)48-29(43)18(5)50-30(44)19(6)49-28(42)17(4)47-26(40)15(2)45-20(7)38/h8-11,14-19H,12-13H2,1-7H3,(H,35,36). The lowest BCUT2D eigenvalue weighted by molar-refractivity contribution is -0.187. The minimum Gasteiger partial charge on any atom is -0.451 e. The summed E-state index contributed by atoms with van der Waals surface area (Å²) < 4.78 is 30.3. The van der Waals surface area contributed by atoms with Gasteiger partial charge in [-0.05, 0) is 69.6 Å². The minimum atomic E-state index is -1.55. The molecule has 50 heavy (non-hydrogen) atoms. The Labute approximate surface area is 294 Å². The van der Waals surface area contributed by atoms with Crippen molar-refractivity contribution in [2.75, 3.05) is 13.1 Å². The fraction of sp³-hybridized carbons (Fsp3) is 0.484. The molecule has 0 saturated carbocycles. The normalized spacial score (nSPS) is 16.9. The molecule has 0 aliphatic carbocycles. The monoisotopic (exact) mass is 765 g/mol. The Morgan fingerprint density at radius 3 is 1.62 bits per heavy atom. The zero-order chi connectivity index (χ0) is 37.3. The maximum atomic E-state index is 13.2. The van der Waals surface area contributed by atoms with E-state index in [2.05, 4.69) is 40.9 Å². The first-order chi connectivity index (χ1) is 23.5. The number of esters is 6. The summed E-state index contributed by atoms with van der Waals surface area (Å²) in [6.07, 6.45) is -5.53. The number of rotatable bonds is 13. The van der Waals surface area contributed by atoms with Gasteiger partial charge in [0.15, 0.2) is 36.6 Å². The Bertz CT molecular complexity index is 1690. The molecule has 0 radical (unpaired) electrons. The third kappa shape index (κ3) is 10.4. The zero-order valence-electron chi connectivity index (χ0n) is 28.2. The SMILES string of the molecule is CC(=O)OC(C)C(=O)OC(C)C(=O)OC(C)C(=O)OC(C)C(=O)OC(C)C(=O)OC(C)C(=O)N1CCN/C1=N/c1ccc2nccnc2c1Br. The maximum Gasteiger partial charge on any atom is 0.347 e. The highest BCUT2D eigenvalue weighted by Gasteiger charge is 2.34. The quantitative estimate of drug-likeness (QED) is 0.225. The predicted octanol–water partition coefficient (Wildman–Crippen LogP) is 1.42. The summed E-state index contributed by atoms with van der Waals surface area (Å²) in [4.78, 5) is 100. The van der Waals surface area contributed by atoms with Crippen molar-refractivity contribution in [3.8, 4) is 0 Å². The van der Waals surface area contributed by atoms with Gasteiger partial charge in [0.05, 0.1) is 15.7 Å². The molecule has 1 aromatic heterocycles. The first-order valence-electron chi connectivity index (χ1n) is 15.2. The number of aliphatic imine (C=N–C) groups is 1. The van der Waals surface area contributed by atoms with Gasteiger partial charge in [0, 0.05) is 32.4 Å². The van der Waals surface area contributed by atoms with Crippen molar-refractivity contribution in [3.63, 3.8) is 0 Å². The van der Waals surface area contributed by atoms with Crippen LogP contribution in [0.3, 0.4) is 0 Å². The van der Waals surface area contributed by atoms with Crippen LogP contribution in [0.2, 0.25) is 0 Å². The van der Waals surface area contributed by atoms with Crippen LogP contribution in [-0.2, 0) is 62.0 Å². The van der Waals surface area contributed by atoms with E-state index in [9.17, 15) is 33.6 Å². The molecule has 1 aliphatic heterocycles. The average molecular weight is 767 g/mol. The first kappa shape index (κ1) is 39.2. The average Bonchev–Trinajstić information content (AvgIpc) is 3.53. The lowest BCUT2D eigenvalue weighted by Crippen LogP contribution is -2.44. The topological polar surface area (TPSA) is 228 Å². The van der Waals surface area contributed by atoms with Crippen molar-refractivity contribution in [1.82, 2.24) is 20.2 Å². The number of nitrogens with zero attached hydrogens (tertiary/aromatic N) is 4. The van der Waals surface area contributed by atoms with E-state index < -0.39 is 78.3 Å². The number of carbonyl (C=O) groups excluding carboxylic acids is 7. The zero-order valence-corrected chi connectivity index (χ0v) is 29.7. The molecule has 6 unspecified atom stereocenters. The molecule has 1 N–H and O–H groups in total. The molecular weight excluding hydrogens is 730 g/mol. The summed E-state index contributed by atoms with van der Waals surface area (Å²) in [6, 6.07) is 3.44. The van der Waals surface area contributed by atoms with Crippen LogP contribution in [0.4, 0.5) is 5.69 Å². The van der Waals surface area contributed by atoms with E-state index in [1.165, 1.54) is 32.6 Å². The highest BCUT2D eigenvalue weighted by atomic mass is 79.9. The van der Waals surface area contributed by atoms with Crippen molar-refractivity contribution in [2.45, 2.75) is 85.1 Å². The van der Waals surface area contributed by atoms with Crippen LogP contribution in [0.5, 0.6) is 0 Å². The summed E-state index contributed by atoms with van der Waals surface area (Å²) in [5, 5.41) is 3.02. The lowest BCUT2D eigenvalue weighted by atomic mass is 10.2. The Hall–Kier alpha value is -5.20. The Kier molecular flexibility index (Phi) is 13.7. The largest absolute Gasteiger partial charge is 0.451 e. The molecule has 3 rings (SSSR count). The Balaban J connectivity index is 1.49. The predicted molar refractivity (Wildman–Crippen MR) is 173 cm³/mol. The van der Waals surface area contributed by atoms with Crippen LogP contribution in [0, 0.1) is 0 Å². The lowest BCUT2D eigenvalue weighted by Gasteiger charge is -2.22. The Morgan fingerprint density at radius 1 is 0.700 bits per heavy atom. The summed E-state index contributed by atoms with van der Waals surface area (Å²) in [6.45, 7) is 8.98. The molecule has 1 fully saturated rings. The van der Waals surface area contributed by atoms with Gasteiger partial charge >= 0.3 is 35.8 Å². The van der Waals surface area contributed by atoms with Crippen LogP contribution in [0.25, 0.3) is 11.0 Å². The number of carbonyl (C=O) groups is 7. The molecule has 0 bridgehead atoms. The van der Waals surface area contributed by atoms with Crippen LogP contribution in [-0.4, -0.2) is 112 Å². The molecule has 1 amide bonds. The van der Waals surface area contributed by atoms with Crippen LogP contribution in [0.15, 0.2) is 34.0 Å². The van der Waals surface area contributed by atoms with Crippen molar-refractivity contribution in [2.24, 2.45) is 4.99 Å². The van der Waals surface area contributed by atoms with Gasteiger partial charge in [-0.1, -0.05) is 0 Å². The molecule has 1 aliphatic rings. The van der Waals surface area contributed by atoms with Gasteiger partial charge in [0.25, 0.3) is 5.91 Å². The molecule has 2 heterocycles. The van der Waals surface area contributed by atoms with Gasteiger partial charge in [-0.15, -0.1) is 0 Å². The van der Waals surface area contributed by atoms with E-state index >= 15 is 0 Å². The number of benzene rings is 1. The molecule has 0 spiro atoms. The van der Waals surface area contributed by atoms with Gasteiger partial charge in [-0.2, -0.15) is 0 Å². The van der Waals surface area contributed by atoms with Crippen LogP contribution in [0.1, 0.15) is 48.5 Å². The van der Waals surface area contributed by atoms with E-state index in [1.54, 1.807) is 24.5 Å². The van der Waals surface area contributed by atoms with Gasteiger partial charge in [-0.25, -0.2) is 29.0 Å². The van der Waals surface area contributed by atoms with Gasteiger partial charge < -0.3 is 33.7 Å². The number of fused-ring (bicyclic) bond motifs is 1. The van der Waals surface area contributed by atoms with Crippen molar-refractivity contribution in [1.29, 1.82) is 0 Å². The molecule has 1 aromatic carbocycles. The fourth-order valence-electron chi connectivity index (χ4n) is 4.10. The van der Waals surface area contributed by atoms with Crippen LogP contribution >= 0.6 is 15.9 Å². The van der Waals surface area contributed by atoms with Crippen molar-refractivity contribution < 1.29 is 62.0 Å². The molecular formula is C31H36BrN5O13. The highest BCUT2D eigenvalue weighted by molar-refractivity contribution is 9.10. The smallest absolute Gasteiger partial charge is 0.347 e. The maximum absolute atomic E-state index is 13.2. The number of guanidine groups is 1. The fourth-order valence-corrected chi connectivity index (χ4v) is 4.62. The molecule has 270 valence electrons. The molecule has 19 heteroatoms. The molecule has 1 saturated heterocycles. The number of halogens is 1. The second kappa shape index (κ2) is 17.5. The number of hydrogen-bond acceptors (Lipinski definition) is 16. The summed E-state index contributed by atoms with van der Waals surface area (Å²) in [5.74, 6) is -6.57. The van der Waals surface area contributed by atoms with Gasteiger partial charge in [0.1, 0.15) is 5.52 Å². The van der Waals surface area contributed by atoms with E-state index in [0.29, 0.717) is 27.7 Å². The van der Waals surface area contributed by atoms with Gasteiger partial charge in [-0.3, -0.25) is 24.5 Å². The number of ether oxygens (including phenoxy) is 6. The van der Waals surface area contributed by atoms with Gasteiger partial charge in [0.2, 0.25) is 5.96 Å². The number of hydrogen-bond donors (Lipinski definition) is 1. The second-order valence-electron chi connectivity index (χ2n) is 10.8. The van der Waals surface area contributed by atoms with E-state index in [0.717, 1.165) is 20.8 Å². The van der Waals surface area contributed by atoms with Crippen molar-refractivity contribution >= 4 is 80.3 Å². The summed E-state index contributed by atoms with van der Waals surface area (Å²) >= 11 is 3.48. The first-order valence-corrected chi connectivity index (χ1v) is 16.0. The number of aromatic nitrogens is 2. The number of nitrogens with one attached hydrogen (secondary N) is 1. The number of amides is 1.